The minimum Gasteiger partial charge on any atom is -0.356 e. The lowest BCUT2D eigenvalue weighted by Crippen LogP contribution is -2.41. The van der Waals surface area contributed by atoms with Gasteiger partial charge in [-0.25, -0.2) is 0 Å². The van der Waals surface area contributed by atoms with Gasteiger partial charge in [-0.15, -0.1) is 0 Å². The number of carbonyl (C=O) groups excluding carboxylic acids is 1. The largest absolute Gasteiger partial charge is 0.356 e. The number of nitrogens with zero attached hydrogens (tertiary/aromatic N) is 2. The number of carbonyl (C=O) groups is 1. The highest BCUT2D eigenvalue weighted by Gasteiger charge is 2.15. The van der Waals surface area contributed by atoms with Gasteiger partial charge in [-0.05, 0) is 30.5 Å². The van der Waals surface area contributed by atoms with E-state index in [2.05, 4.69) is 15.6 Å². The first-order valence-corrected chi connectivity index (χ1v) is 9.42. The van der Waals surface area contributed by atoms with E-state index in [9.17, 15) is 4.79 Å². The maximum atomic E-state index is 12.1. The summed E-state index contributed by atoms with van der Waals surface area (Å²) >= 11 is 6.03. The molecule has 1 saturated carbocycles. The van der Waals surface area contributed by atoms with Crippen molar-refractivity contribution in [2.45, 2.75) is 51.1 Å². The fraction of sp³-hybridized carbons (Fsp3) is 0.579. The van der Waals surface area contributed by atoms with Gasteiger partial charge in [0.05, 0.1) is 0 Å². The Morgan fingerprint density at radius 2 is 2.08 bits per heavy atom. The SMILES string of the molecule is CN=C(NCCC(=O)NC1CCCCC1)N(C)Cc1cccc(Cl)c1. The Hall–Kier alpha value is -1.75. The lowest BCUT2D eigenvalue weighted by atomic mass is 9.95. The Bertz CT molecular complexity index is 585. The number of nitrogens with one attached hydrogen (secondary N) is 2. The second-order valence-corrected chi connectivity index (χ2v) is 7.05. The highest BCUT2D eigenvalue weighted by atomic mass is 35.5. The molecule has 0 radical (unpaired) electrons. The van der Waals surface area contributed by atoms with E-state index >= 15 is 0 Å². The van der Waals surface area contributed by atoms with Crippen molar-refractivity contribution in [1.29, 1.82) is 0 Å². The van der Waals surface area contributed by atoms with Crippen LogP contribution in [0.15, 0.2) is 29.3 Å². The molecule has 2 rings (SSSR count). The van der Waals surface area contributed by atoms with Crippen molar-refractivity contribution in [2.75, 3.05) is 20.6 Å². The van der Waals surface area contributed by atoms with Crippen molar-refractivity contribution in [3.05, 3.63) is 34.9 Å². The van der Waals surface area contributed by atoms with Crippen LogP contribution in [0.2, 0.25) is 5.02 Å². The standard InChI is InChI=1S/C19H29ClN4O/c1-21-19(24(2)14-15-7-6-8-16(20)13-15)22-12-11-18(25)23-17-9-4-3-5-10-17/h6-8,13,17H,3-5,9-12,14H2,1-2H3,(H,21,22)(H,23,25). The number of hydrogen-bond donors (Lipinski definition) is 2. The molecule has 0 saturated heterocycles. The summed E-state index contributed by atoms with van der Waals surface area (Å²) in [5.74, 6) is 0.887. The van der Waals surface area contributed by atoms with Crippen molar-refractivity contribution in [3.8, 4) is 0 Å². The summed E-state index contributed by atoms with van der Waals surface area (Å²) in [4.78, 5) is 18.4. The zero-order valence-corrected chi connectivity index (χ0v) is 16.0. The molecule has 0 atom stereocenters. The number of aliphatic imine (C=N–C) groups is 1. The van der Waals surface area contributed by atoms with Crippen LogP contribution < -0.4 is 10.6 Å². The predicted molar refractivity (Wildman–Crippen MR) is 104 cm³/mol. The molecule has 1 aliphatic rings. The normalized spacial score (nSPS) is 15.7. The van der Waals surface area contributed by atoms with Gasteiger partial charge in [-0.2, -0.15) is 0 Å². The summed E-state index contributed by atoms with van der Waals surface area (Å²) in [5, 5.41) is 7.12. The van der Waals surface area contributed by atoms with E-state index < -0.39 is 0 Å². The van der Waals surface area contributed by atoms with Crippen LogP contribution in [-0.4, -0.2) is 43.4 Å². The number of benzene rings is 1. The third-order valence-corrected chi connectivity index (χ3v) is 4.72. The number of rotatable bonds is 6. The summed E-state index contributed by atoms with van der Waals surface area (Å²) in [7, 11) is 3.72. The van der Waals surface area contributed by atoms with Crippen molar-refractivity contribution < 1.29 is 4.79 Å². The van der Waals surface area contributed by atoms with Gasteiger partial charge in [0.25, 0.3) is 0 Å². The van der Waals surface area contributed by atoms with Crippen LogP contribution in [-0.2, 0) is 11.3 Å². The molecule has 1 aromatic rings. The van der Waals surface area contributed by atoms with E-state index in [0.717, 1.165) is 29.4 Å². The molecule has 5 nitrogen and oxygen atoms in total. The molecule has 25 heavy (non-hydrogen) atoms. The Balaban J connectivity index is 1.72. The van der Waals surface area contributed by atoms with E-state index in [1.807, 2.05) is 36.2 Å². The minimum absolute atomic E-state index is 0.118. The Kier molecular flexibility index (Phi) is 8.06. The zero-order chi connectivity index (χ0) is 18.1. The Labute approximate surface area is 155 Å². The average Bonchev–Trinajstić information content (AvgIpc) is 2.59. The molecule has 1 aromatic carbocycles. The van der Waals surface area contributed by atoms with Gasteiger partial charge in [0.15, 0.2) is 5.96 Å². The first kappa shape index (κ1) is 19.6. The van der Waals surface area contributed by atoms with E-state index in [0.29, 0.717) is 25.6 Å². The van der Waals surface area contributed by atoms with Gasteiger partial charge >= 0.3 is 0 Å². The molecule has 0 bridgehead atoms. The Morgan fingerprint density at radius 3 is 2.76 bits per heavy atom. The van der Waals surface area contributed by atoms with Crippen LogP contribution in [0, 0.1) is 0 Å². The number of guanidine groups is 1. The minimum atomic E-state index is 0.118. The van der Waals surface area contributed by atoms with Crippen molar-refractivity contribution in [1.82, 2.24) is 15.5 Å². The molecule has 1 fully saturated rings. The van der Waals surface area contributed by atoms with E-state index in [-0.39, 0.29) is 5.91 Å². The maximum absolute atomic E-state index is 12.1. The van der Waals surface area contributed by atoms with E-state index in [4.69, 9.17) is 11.6 Å². The van der Waals surface area contributed by atoms with Crippen LogP contribution in [0.1, 0.15) is 44.1 Å². The van der Waals surface area contributed by atoms with Crippen molar-refractivity contribution in [2.24, 2.45) is 4.99 Å². The third kappa shape index (κ3) is 6.94. The molecule has 1 aliphatic carbocycles. The third-order valence-electron chi connectivity index (χ3n) is 4.49. The summed E-state index contributed by atoms with van der Waals surface area (Å²) in [5.41, 5.74) is 1.12. The molecule has 0 unspecified atom stereocenters. The van der Waals surface area contributed by atoms with Crippen LogP contribution in [0.3, 0.4) is 0 Å². The molecule has 0 aromatic heterocycles. The zero-order valence-electron chi connectivity index (χ0n) is 15.2. The van der Waals surface area contributed by atoms with Crippen molar-refractivity contribution in [3.63, 3.8) is 0 Å². The van der Waals surface area contributed by atoms with Gasteiger partial charge in [0.2, 0.25) is 5.91 Å². The lowest BCUT2D eigenvalue weighted by molar-refractivity contribution is -0.121. The molecular formula is C19H29ClN4O. The molecule has 0 aliphatic heterocycles. The van der Waals surface area contributed by atoms with Gasteiger partial charge in [0, 0.05) is 44.7 Å². The number of amides is 1. The van der Waals surface area contributed by atoms with Crippen LogP contribution in [0.5, 0.6) is 0 Å². The van der Waals surface area contributed by atoms with Gasteiger partial charge < -0.3 is 15.5 Å². The van der Waals surface area contributed by atoms with Crippen LogP contribution in [0.4, 0.5) is 0 Å². The molecule has 138 valence electrons. The smallest absolute Gasteiger partial charge is 0.221 e. The van der Waals surface area contributed by atoms with Gasteiger partial charge in [0.1, 0.15) is 0 Å². The molecular weight excluding hydrogens is 336 g/mol. The summed E-state index contributed by atoms with van der Waals surface area (Å²) in [6, 6.07) is 8.16. The molecule has 6 heteroatoms. The number of hydrogen-bond acceptors (Lipinski definition) is 2. The van der Waals surface area contributed by atoms with Crippen molar-refractivity contribution >= 4 is 23.5 Å². The summed E-state index contributed by atoms with van der Waals surface area (Å²) < 4.78 is 0. The molecule has 0 spiro atoms. The second-order valence-electron chi connectivity index (χ2n) is 6.61. The molecule has 2 N–H and O–H groups in total. The maximum Gasteiger partial charge on any atom is 0.221 e. The average molecular weight is 365 g/mol. The second kappa shape index (κ2) is 10.3. The van der Waals surface area contributed by atoms with Gasteiger partial charge in [-0.1, -0.05) is 43.0 Å². The fourth-order valence-electron chi connectivity index (χ4n) is 3.20. The predicted octanol–water partition coefficient (Wildman–Crippen LogP) is 3.19. The van der Waals surface area contributed by atoms with Crippen LogP contribution in [0.25, 0.3) is 0 Å². The molecule has 0 heterocycles. The Morgan fingerprint density at radius 1 is 1.32 bits per heavy atom. The summed E-state index contributed by atoms with van der Waals surface area (Å²) in [6.07, 6.45) is 6.43. The lowest BCUT2D eigenvalue weighted by Gasteiger charge is -2.24. The number of halogens is 1. The first-order chi connectivity index (χ1) is 12.1. The monoisotopic (exact) mass is 364 g/mol. The quantitative estimate of drug-likeness (QED) is 0.602. The van der Waals surface area contributed by atoms with Gasteiger partial charge in [-0.3, -0.25) is 9.79 Å². The van der Waals surface area contributed by atoms with E-state index in [1.54, 1.807) is 7.05 Å². The fourth-order valence-corrected chi connectivity index (χ4v) is 3.42. The summed E-state index contributed by atoms with van der Waals surface area (Å²) in [6.45, 7) is 1.28. The highest BCUT2D eigenvalue weighted by Crippen LogP contribution is 2.17. The van der Waals surface area contributed by atoms with E-state index in [1.165, 1.54) is 19.3 Å². The van der Waals surface area contributed by atoms with Crippen LogP contribution >= 0.6 is 11.6 Å². The molecule has 1 amide bonds. The first-order valence-electron chi connectivity index (χ1n) is 9.04. The topological polar surface area (TPSA) is 56.7 Å². The highest BCUT2D eigenvalue weighted by molar-refractivity contribution is 6.30.